The number of rotatable bonds is 6. The second-order valence-corrected chi connectivity index (χ2v) is 9.63. The number of nitrogens with one attached hydrogen (secondary N) is 1. The third-order valence-corrected chi connectivity index (χ3v) is 7.03. The van der Waals surface area contributed by atoms with Gasteiger partial charge in [-0.1, -0.05) is 23.3 Å². The van der Waals surface area contributed by atoms with Gasteiger partial charge in [0.25, 0.3) is 5.89 Å². The highest BCUT2D eigenvalue weighted by atomic mass is 32.2. The maximum absolute atomic E-state index is 12.9. The van der Waals surface area contributed by atoms with Gasteiger partial charge in [0.2, 0.25) is 15.9 Å². The standard InChI is InChI=1S/C20H24N6O4S/c1-14(2)26-12-10-17(24-26)19-22-23-20(30-19)21-18(27)15-7-6-11-25(13-15)31(28,29)16-8-4-3-5-9-16/h3-5,8-10,12,14-15H,6-7,11,13H2,1-2H3,(H,21,23,27). The van der Waals surface area contributed by atoms with Crippen molar-refractivity contribution >= 4 is 21.9 Å². The lowest BCUT2D eigenvalue weighted by molar-refractivity contribution is -0.121. The molecule has 0 aliphatic carbocycles. The minimum atomic E-state index is -3.65. The minimum absolute atomic E-state index is 0.0397. The third kappa shape index (κ3) is 4.52. The normalized spacial score (nSPS) is 17.7. The van der Waals surface area contributed by atoms with E-state index in [1.807, 2.05) is 20.0 Å². The number of carbonyl (C=O) groups excluding carboxylic acids is 1. The molecule has 0 bridgehead atoms. The van der Waals surface area contributed by atoms with Crippen LogP contribution in [0.1, 0.15) is 32.7 Å². The first-order valence-electron chi connectivity index (χ1n) is 10.1. The number of hydrogen-bond acceptors (Lipinski definition) is 7. The molecule has 1 amide bonds. The first-order chi connectivity index (χ1) is 14.8. The van der Waals surface area contributed by atoms with Gasteiger partial charge in [0, 0.05) is 25.3 Å². The summed E-state index contributed by atoms with van der Waals surface area (Å²) in [5, 5.41) is 14.8. The quantitative estimate of drug-likeness (QED) is 0.620. The van der Waals surface area contributed by atoms with E-state index in [1.54, 1.807) is 41.1 Å². The number of hydrogen-bond donors (Lipinski definition) is 1. The van der Waals surface area contributed by atoms with Crippen molar-refractivity contribution < 1.29 is 17.6 Å². The molecule has 11 heteroatoms. The average molecular weight is 445 g/mol. The molecule has 1 saturated heterocycles. The van der Waals surface area contributed by atoms with E-state index >= 15 is 0 Å². The smallest absolute Gasteiger partial charge is 0.322 e. The van der Waals surface area contributed by atoms with Crippen molar-refractivity contribution in [1.82, 2.24) is 24.3 Å². The summed E-state index contributed by atoms with van der Waals surface area (Å²) in [4.78, 5) is 13.0. The average Bonchev–Trinajstić information content (AvgIpc) is 3.44. The van der Waals surface area contributed by atoms with E-state index in [-0.39, 0.29) is 35.3 Å². The van der Waals surface area contributed by atoms with Crippen LogP contribution >= 0.6 is 0 Å². The fraction of sp³-hybridized carbons (Fsp3) is 0.400. The number of anilines is 1. The molecule has 3 heterocycles. The van der Waals surface area contributed by atoms with Crippen LogP contribution in [0.15, 0.2) is 51.9 Å². The van der Waals surface area contributed by atoms with Crippen molar-refractivity contribution in [1.29, 1.82) is 0 Å². The summed E-state index contributed by atoms with van der Waals surface area (Å²) in [6, 6.07) is 10.1. The molecule has 4 rings (SSSR count). The van der Waals surface area contributed by atoms with Crippen LogP contribution in [0.2, 0.25) is 0 Å². The molecule has 1 unspecified atom stereocenters. The molecule has 1 N–H and O–H groups in total. The molecule has 1 aliphatic heterocycles. The van der Waals surface area contributed by atoms with Gasteiger partial charge < -0.3 is 4.42 Å². The molecule has 10 nitrogen and oxygen atoms in total. The summed E-state index contributed by atoms with van der Waals surface area (Å²) < 4.78 is 34.4. The Balaban J connectivity index is 1.42. The number of benzene rings is 1. The number of nitrogens with zero attached hydrogens (tertiary/aromatic N) is 5. The van der Waals surface area contributed by atoms with Crippen LogP contribution in [0.3, 0.4) is 0 Å². The predicted octanol–water partition coefficient (Wildman–Crippen LogP) is 2.55. The molecule has 0 radical (unpaired) electrons. The van der Waals surface area contributed by atoms with Crippen LogP contribution in [-0.4, -0.2) is 51.7 Å². The van der Waals surface area contributed by atoms with Crippen molar-refractivity contribution in [2.45, 2.75) is 37.6 Å². The molecule has 0 saturated carbocycles. The zero-order valence-electron chi connectivity index (χ0n) is 17.3. The maximum Gasteiger partial charge on any atom is 0.322 e. The monoisotopic (exact) mass is 444 g/mol. The highest BCUT2D eigenvalue weighted by molar-refractivity contribution is 7.89. The fourth-order valence-corrected chi connectivity index (χ4v) is 4.99. The Hall–Kier alpha value is -3.05. The van der Waals surface area contributed by atoms with Crippen LogP contribution in [0.5, 0.6) is 0 Å². The lowest BCUT2D eigenvalue weighted by atomic mass is 9.99. The van der Waals surface area contributed by atoms with Crippen molar-refractivity contribution in [3.8, 4) is 11.6 Å². The number of carbonyl (C=O) groups is 1. The van der Waals surface area contributed by atoms with Crippen molar-refractivity contribution in [3.05, 3.63) is 42.6 Å². The van der Waals surface area contributed by atoms with E-state index in [9.17, 15) is 13.2 Å². The summed E-state index contributed by atoms with van der Waals surface area (Å²) in [6.07, 6.45) is 2.98. The number of sulfonamides is 1. The zero-order valence-corrected chi connectivity index (χ0v) is 18.1. The Morgan fingerprint density at radius 1 is 1.19 bits per heavy atom. The molecular formula is C20H24N6O4S. The predicted molar refractivity (Wildman–Crippen MR) is 112 cm³/mol. The topological polar surface area (TPSA) is 123 Å². The summed E-state index contributed by atoms with van der Waals surface area (Å²) in [5.74, 6) is -0.662. The van der Waals surface area contributed by atoms with Crippen LogP contribution in [0, 0.1) is 5.92 Å². The van der Waals surface area contributed by atoms with Gasteiger partial charge in [-0.25, -0.2) is 8.42 Å². The van der Waals surface area contributed by atoms with E-state index in [0.29, 0.717) is 25.1 Å². The molecule has 1 atom stereocenters. The van der Waals surface area contributed by atoms with Gasteiger partial charge in [-0.05, 0) is 44.9 Å². The Kier molecular flexibility index (Phi) is 5.88. The van der Waals surface area contributed by atoms with Gasteiger partial charge in [-0.2, -0.15) is 9.40 Å². The first-order valence-corrected chi connectivity index (χ1v) is 11.5. The van der Waals surface area contributed by atoms with Crippen LogP contribution in [-0.2, 0) is 14.8 Å². The number of amides is 1. The van der Waals surface area contributed by atoms with Gasteiger partial charge in [0.1, 0.15) is 5.69 Å². The van der Waals surface area contributed by atoms with Gasteiger partial charge in [0.15, 0.2) is 0 Å². The molecule has 1 aliphatic rings. The third-order valence-electron chi connectivity index (χ3n) is 5.15. The number of aromatic nitrogens is 4. The highest BCUT2D eigenvalue weighted by Crippen LogP contribution is 2.25. The number of piperidine rings is 1. The first kappa shape index (κ1) is 21.2. The Morgan fingerprint density at radius 3 is 2.68 bits per heavy atom. The van der Waals surface area contributed by atoms with E-state index in [0.717, 1.165) is 0 Å². The summed E-state index contributed by atoms with van der Waals surface area (Å²) in [5.41, 5.74) is 0.513. The van der Waals surface area contributed by atoms with Crippen LogP contribution in [0.25, 0.3) is 11.6 Å². The van der Waals surface area contributed by atoms with Gasteiger partial charge >= 0.3 is 6.01 Å². The van der Waals surface area contributed by atoms with Crippen LogP contribution in [0.4, 0.5) is 6.01 Å². The van der Waals surface area contributed by atoms with Crippen molar-refractivity contribution in [3.63, 3.8) is 0 Å². The van der Waals surface area contributed by atoms with Crippen molar-refractivity contribution in [2.24, 2.45) is 5.92 Å². The molecule has 1 aromatic carbocycles. The van der Waals surface area contributed by atoms with E-state index in [1.165, 1.54) is 4.31 Å². The van der Waals surface area contributed by atoms with E-state index < -0.39 is 15.9 Å². The SMILES string of the molecule is CC(C)n1ccc(-c2nnc(NC(=O)C3CCCN(S(=O)(=O)c4ccccc4)C3)o2)n1. The zero-order chi connectivity index (χ0) is 22.0. The van der Waals surface area contributed by atoms with Crippen molar-refractivity contribution in [2.75, 3.05) is 18.4 Å². The van der Waals surface area contributed by atoms with Crippen LogP contribution < -0.4 is 5.32 Å². The summed E-state index contributed by atoms with van der Waals surface area (Å²) >= 11 is 0. The molecular weight excluding hydrogens is 420 g/mol. The van der Waals surface area contributed by atoms with Gasteiger partial charge in [0.05, 0.1) is 10.8 Å². The van der Waals surface area contributed by atoms with Gasteiger partial charge in [-0.15, -0.1) is 5.10 Å². The summed E-state index contributed by atoms with van der Waals surface area (Å²) in [7, 11) is -3.65. The molecule has 1 fully saturated rings. The Morgan fingerprint density at radius 2 is 1.97 bits per heavy atom. The molecule has 164 valence electrons. The fourth-order valence-electron chi connectivity index (χ4n) is 3.44. The molecule has 2 aromatic heterocycles. The Labute approximate surface area is 180 Å². The lowest BCUT2D eigenvalue weighted by Crippen LogP contribution is -2.43. The van der Waals surface area contributed by atoms with E-state index in [2.05, 4.69) is 20.6 Å². The lowest BCUT2D eigenvalue weighted by Gasteiger charge is -2.30. The second-order valence-electron chi connectivity index (χ2n) is 7.69. The maximum atomic E-state index is 12.9. The minimum Gasteiger partial charge on any atom is -0.401 e. The molecule has 0 spiro atoms. The summed E-state index contributed by atoms with van der Waals surface area (Å²) in [6.45, 7) is 4.48. The largest absolute Gasteiger partial charge is 0.401 e. The second kappa shape index (κ2) is 8.60. The Bertz CT molecular complexity index is 1160. The highest BCUT2D eigenvalue weighted by Gasteiger charge is 2.33. The molecule has 3 aromatic rings. The molecule has 31 heavy (non-hydrogen) atoms. The van der Waals surface area contributed by atoms with E-state index in [4.69, 9.17) is 4.42 Å². The van der Waals surface area contributed by atoms with Gasteiger partial charge in [-0.3, -0.25) is 14.8 Å².